The predicted octanol–water partition coefficient (Wildman–Crippen LogP) is 1.58. The van der Waals surface area contributed by atoms with Gasteiger partial charge in [-0.2, -0.15) is 0 Å². The quantitative estimate of drug-likeness (QED) is 0.871. The Morgan fingerprint density at radius 3 is 3.21 bits per heavy atom. The smallest absolute Gasteiger partial charge is 0.144 e. The molecule has 100 valence electrons. The van der Waals surface area contributed by atoms with Crippen molar-refractivity contribution in [2.75, 3.05) is 18.9 Å². The molecule has 1 fully saturated rings. The highest BCUT2D eigenvalue weighted by Gasteiger charge is 2.27. The molecule has 0 saturated carbocycles. The van der Waals surface area contributed by atoms with Crippen LogP contribution in [-0.4, -0.2) is 38.4 Å². The van der Waals surface area contributed by atoms with E-state index < -0.39 is 0 Å². The molecule has 2 aromatic rings. The number of aromatic amines is 1. The van der Waals surface area contributed by atoms with Crippen LogP contribution in [0.15, 0.2) is 24.8 Å². The van der Waals surface area contributed by atoms with Crippen LogP contribution >= 0.6 is 0 Å². The fourth-order valence-electron chi connectivity index (χ4n) is 2.59. The Kier molecular flexibility index (Phi) is 3.41. The lowest BCUT2D eigenvalue weighted by Crippen LogP contribution is -2.24. The van der Waals surface area contributed by atoms with Gasteiger partial charge in [-0.25, -0.2) is 9.97 Å². The molecule has 1 unspecified atom stereocenters. The zero-order valence-electron chi connectivity index (χ0n) is 11.0. The summed E-state index contributed by atoms with van der Waals surface area (Å²) >= 11 is 0. The van der Waals surface area contributed by atoms with Gasteiger partial charge >= 0.3 is 0 Å². The Balaban J connectivity index is 1.78. The van der Waals surface area contributed by atoms with E-state index in [-0.39, 0.29) is 0 Å². The highest BCUT2D eigenvalue weighted by atomic mass is 15.2. The molecule has 0 radical (unpaired) electrons. The summed E-state index contributed by atoms with van der Waals surface area (Å²) in [6, 6.07) is 0.339. The maximum absolute atomic E-state index is 4.61. The minimum atomic E-state index is 0.339. The average molecular weight is 258 g/mol. The summed E-state index contributed by atoms with van der Waals surface area (Å²) in [5, 5.41) is 3.04. The minimum Gasteiger partial charge on any atom is -0.372 e. The van der Waals surface area contributed by atoms with Crippen molar-refractivity contribution < 1.29 is 0 Å². The van der Waals surface area contributed by atoms with Gasteiger partial charge in [0.2, 0.25) is 0 Å². The molecule has 0 aliphatic carbocycles. The highest BCUT2D eigenvalue weighted by Crippen LogP contribution is 2.31. The van der Waals surface area contributed by atoms with Crippen molar-refractivity contribution in [2.45, 2.75) is 25.4 Å². The lowest BCUT2D eigenvalue weighted by Gasteiger charge is -2.22. The summed E-state index contributed by atoms with van der Waals surface area (Å²) in [5.41, 5.74) is 1.04. The molecule has 1 saturated heterocycles. The zero-order valence-corrected chi connectivity index (χ0v) is 11.0. The summed E-state index contributed by atoms with van der Waals surface area (Å²) in [6.07, 6.45) is 9.59. The van der Waals surface area contributed by atoms with Gasteiger partial charge < -0.3 is 10.3 Å². The van der Waals surface area contributed by atoms with Gasteiger partial charge in [-0.05, 0) is 19.4 Å². The minimum absolute atomic E-state index is 0.339. The molecule has 0 spiro atoms. The molecule has 6 nitrogen and oxygen atoms in total. The monoisotopic (exact) mass is 258 g/mol. The lowest BCUT2D eigenvalue weighted by atomic mass is 10.1. The summed E-state index contributed by atoms with van der Waals surface area (Å²) in [5.74, 6) is 1.83. The van der Waals surface area contributed by atoms with E-state index in [9.17, 15) is 0 Å². The summed E-state index contributed by atoms with van der Waals surface area (Å²) in [7, 11) is 1.86. The zero-order chi connectivity index (χ0) is 13.1. The van der Waals surface area contributed by atoms with E-state index in [4.69, 9.17) is 0 Å². The Labute approximate surface area is 112 Å². The molecule has 2 aromatic heterocycles. The standard InChI is InChI=1S/C13H18N6/c1-14-12-8-15-7-10(18-12)11-3-2-6-19(11)9-13-16-4-5-17-13/h4-5,7-8,11H,2-3,6,9H2,1H3,(H,14,18)(H,16,17). The van der Waals surface area contributed by atoms with Crippen LogP contribution < -0.4 is 5.32 Å². The molecule has 3 heterocycles. The third-order valence-corrected chi connectivity index (χ3v) is 3.52. The van der Waals surface area contributed by atoms with Crippen LogP contribution in [0, 0.1) is 0 Å². The Hall–Kier alpha value is -1.95. The van der Waals surface area contributed by atoms with Crippen LogP contribution in [-0.2, 0) is 6.54 Å². The third kappa shape index (κ3) is 2.58. The molecule has 1 aliphatic heterocycles. The first-order valence-corrected chi connectivity index (χ1v) is 6.59. The maximum Gasteiger partial charge on any atom is 0.144 e. The summed E-state index contributed by atoms with van der Waals surface area (Å²) in [6.45, 7) is 1.92. The number of aromatic nitrogens is 4. The van der Waals surface area contributed by atoms with Gasteiger partial charge in [0.25, 0.3) is 0 Å². The van der Waals surface area contributed by atoms with Crippen LogP contribution in [0.3, 0.4) is 0 Å². The van der Waals surface area contributed by atoms with E-state index in [1.165, 1.54) is 6.42 Å². The Morgan fingerprint density at radius 1 is 1.47 bits per heavy atom. The van der Waals surface area contributed by atoms with Gasteiger partial charge in [-0.15, -0.1) is 0 Å². The Morgan fingerprint density at radius 2 is 2.42 bits per heavy atom. The number of likely N-dealkylation sites (tertiary alicyclic amines) is 1. The summed E-state index contributed by atoms with van der Waals surface area (Å²) in [4.78, 5) is 18.7. The van der Waals surface area contributed by atoms with Crippen molar-refractivity contribution in [1.82, 2.24) is 24.8 Å². The van der Waals surface area contributed by atoms with Crippen molar-refractivity contribution in [3.05, 3.63) is 36.3 Å². The number of H-pyrrole nitrogens is 1. The van der Waals surface area contributed by atoms with Crippen LogP contribution in [0.2, 0.25) is 0 Å². The average Bonchev–Trinajstić information content (AvgIpc) is 3.11. The van der Waals surface area contributed by atoms with Gasteiger partial charge in [0.05, 0.1) is 30.7 Å². The molecular formula is C13H18N6. The van der Waals surface area contributed by atoms with Crippen molar-refractivity contribution in [2.24, 2.45) is 0 Å². The van der Waals surface area contributed by atoms with Crippen LogP contribution in [0.4, 0.5) is 5.82 Å². The number of nitrogens with one attached hydrogen (secondary N) is 2. The van der Waals surface area contributed by atoms with Gasteiger partial charge in [0.15, 0.2) is 0 Å². The first-order valence-electron chi connectivity index (χ1n) is 6.59. The van der Waals surface area contributed by atoms with E-state index in [1.807, 2.05) is 19.4 Å². The second-order valence-corrected chi connectivity index (χ2v) is 4.74. The number of hydrogen-bond acceptors (Lipinski definition) is 5. The molecule has 2 N–H and O–H groups in total. The van der Waals surface area contributed by atoms with E-state index in [1.54, 1.807) is 12.4 Å². The van der Waals surface area contributed by atoms with E-state index in [0.717, 1.165) is 36.8 Å². The van der Waals surface area contributed by atoms with Crippen LogP contribution in [0.25, 0.3) is 0 Å². The maximum atomic E-state index is 4.61. The van der Waals surface area contributed by atoms with E-state index in [0.29, 0.717) is 6.04 Å². The molecule has 6 heteroatoms. The van der Waals surface area contributed by atoms with E-state index >= 15 is 0 Å². The third-order valence-electron chi connectivity index (χ3n) is 3.52. The van der Waals surface area contributed by atoms with Gasteiger partial charge in [-0.3, -0.25) is 9.88 Å². The van der Waals surface area contributed by atoms with Gasteiger partial charge in [0, 0.05) is 19.4 Å². The molecule has 1 aliphatic rings. The molecule has 0 amide bonds. The number of imidazole rings is 1. The normalized spacial score (nSPS) is 19.7. The second kappa shape index (κ2) is 5.36. The first kappa shape index (κ1) is 12.1. The number of rotatable bonds is 4. The number of nitrogens with zero attached hydrogens (tertiary/aromatic N) is 4. The van der Waals surface area contributed by atoms with Gasteiger partial charge in [-0.1, -0.05) is 0 Å². The van der Waals surface area contributed by atoms with Crippen molar-refractivity contribution >= 4 is 5.82 Å². The molecule has 0 bridgehead atoms. The molecule has 1 atom stereocenters. The van der Waals surface area contributed by atoms with Crippen molar-refractivity contribution in [1.29, 1.82) is 0 Å². The van der Waals surface area contributed by atoms with Gasteiger partial charge in [0.1, 0.15) is 11.6 Å². The highest BCUT2D eigenvalue weighted by molar-refractivity contribution is 5.31. The first-order chi connectivity index (χ1) is 9.36. The van der Waals surface area contributed by atoms with Crippen LogP contribution in [0.5, 0.6) is 0 Å². The summed E-state index contributed by atoms with van der Waals surface area (Å²) < 4.78 is 0. The predicted molar refractivity (Wildman–Crippen MR) is 72.6 cm³/mol. The largest absolute Gasteiger partial charge is 0.372 e. The SMILES string of the molecule is CNc1cncc(C2CCCN2Cc2ncc[nH]2)n1. The van der Waals surface area contributed by atoms with Crippen molar-refractivity contribution in [3.63, 3.8) is 0 Å². The molecule has 19 heavy (non-hydrogen) atoms. The molecular weight excluding hydrogens is 240 g/mol. The fraction of sp³-hybridized carbons (Fsp3) is 0.462. The van der Waals surface area contributed by atoms with Crippen molar-refractivity contribution in [3.8, 4) is 0 Å². The lowest BCUT2D eigenvalue weighted by molar-refractivity contribution is 0.238. The topological polar surface area (TPSA) is 69.7 Å². The molecule has 3 rings (SSSR count). The molecule has 0 aromatic carbocycles. The van der Waals surface area contributed by atoms with E-state index in [2.05, 4.69) is 30.2 Å². The number of anilines is 1. The number of hydrogen-bond donors (Lipinski definition) is 2. The second-order valence-electron chi connectivity index (χ2n) is 4.74. The Bertz CT molecular complexity index is 524. The van der Waals surface area contributed by atoms with Crippen LogP contribution in [0.1, 0.15) is 30.4 Å². The fourth-order valence-corrected chi connectivity index (χ4v) is 2.59.